The van der Waals surface area contributed by atoms with E-state index < -0.39 is 0 Å². The van der Waals surface area contributed by atoms with Crippen molar-refractivity contribution in [2.24, 2.45) is 0 Å². The predicted octanol–water partition coefficient (Wildman–Crippen LogP) is 2.75. The van der Waals surface area contributed by atoms with Crippen molar-refractivity contribution in [3.63, 3.8) is 0 Å². The molecule has 19 heavy (non-hydrogen) atoms. The second-order valence-corrected chi connectivity index (χ2v) is 4.23. The van der Waals surface area contributed by atoms with Crippen molar-refractivity contribution in [2.75, 3.05) is 25.5 Å². The number of halogens is 1. The largest absolute Gasteiger partial charge is 0.494 e. The van der Waals surface area contributed by atoms with Crippen LogP contribution in [-0.4, -0.2) is 26.1 Å². The van der Waals surface area contributed by atoms with E-state index in [4.69, 9.17) is 4.74 Å². The van der Waals surface area contributed by atoms with Crippen LogP contribution in [0.4, 0.5) is 5.69 Å². The lowest BCUT2D eigenvalue weighted by Gasteiger charge is -2.11. The Balaban J connectivity index is 0.00000324. The highest BCUT2D eigenvalue weighted by Crippen LogP contribution is 2.21. The molecule has 5 heteroatoms. The maximum absolute atomic E-state index is 11.6. The van der Waals surface area contributed by atoms with Crippen LogP contribution >= 0.6 is 12.4 Å². The van der Waals surface area contributed by atoms with Crippen LogP contribution in [0, 0.1) is 6.92 Å². The molecular weight excluding hydrogens is 264 g/mol. The highest BCUT2D eigenvalue weighted by molar-refractivity contribution is 5.91. The number of aryl methyl sites for hydroxylation is 1. The summed E-state index contributed by atoms with van der Waals surface area (Å²) in [4.78, 5) is 11.6. The van der Waals surface area contributed by atoms with Gasteiger partial charge in [0.2, 0.25) is 5.91 Å². The summed E-state index contributed by atoms with van der Waals surface area (Å²) in [6.45, 7) is 5.44. The Morgan fingerprint density at radius 3 is 2.68 bits per heavy atom. The number of ether oxygens (including phenoxy) is 1. The molecule has 1 amide bonds. The highest BCUT2D eigenvalue weighted by atomic mass is 35.5. The van der Waals surface area contributed by atoms with Crippen molar-refractivity contribution in [1.82, 2.24) is 5.32 Å². The fraction of sp³-hybridized carbons (Fsp3) is 0.500. The molecular formula is C14H23ClN2O2. The molecule has 0 aliphatic carbocycles. The Hall–Kier alpha value is -1.26. The lowest BCUT2D eigenvalue weighted by atomic mass is 10.2. The van der Waals surface area contributed by atoms with E-state index in [1.165, 1.54) is 0 Å². The molecule has 0 bridgehead atoms. The van der Waals surface area contributed by atoms with Crippen molar-refractivity contribution >= 4 is 24.0 Å². The van der Waals surface area contributed by atoms with Crippen molar-refractivity contribution in [3.8, 4) is 5.75 Å². The maximum atomic E-state index is 11.6. The van der Waals surface area contributed by atoms with E-state index in [2.05, 4.69) is 17.6 Å². The Morgan fingerprint density at radius 1 is 1.37 bits per heavy atom. The van der Waals surface area contributed by atoms with Crippen LogP contribution < -0.4 is 15.4 Å². The fourth-order valence-electron chi connectivity index (χ4n) is 1.54. The third-order valence-corrected chi connectivity index (χ3v) is 2.55. The first-order valence-electron chi connectivity index (χ1n) is 6.35. The standard InChI is InChI=1S/C14H22N2O2.ClH/c1-4-9-18-12-5-6-13(11(2)10-12)16-14(17)7-8-15-3;/h5-6,10,15H,4,7-9H2,1-3H3,(H,16,17);1H. The highest BCUT2D eigenvalue weighted by Gasteiger charge is 2.05. The van der Waals surface area contributed by atoms with Gasteiger partial charge in [-0.3, -0.25) is 4.79 Å². The van der Waals surface area contributed by atoms with E-state index in [-0.39, 0.29) is 18.3 Å². The van der Waals surface area contributed by atoms with Crippen LogP contribution in [0.1, 0.15) is 25.3 Å². The van der Waals surface area contributed by atoms with Crippen LogP contribution in [0.2, 0.25) is 0 Å². The van der Waals surface area contributed by atoms with Crippen molar-refractivity contribution in [2.45, 2.75) is 26.7 Å². The van der Waals surface area contributed by atoms with E-state index >= 15 is 0 Å². The van der Waals surface area contributed by atoms with E-state index in [1.54, 1.807) is 0 Å². The van der Waals surface area contributed by atoms with Crippen molar-refractivity contribution < 1.29 is 9.53 Å². The lowest BCUT2D eigenvalue weighted by molar-refractivity contribution is -0.116. The van der Waals surface area contributed by atoms with Gasteiger partial charge in [0.15, 0.2) is 0 Å². The van der Waals surface area contributed by atoms with Crippen molar-refractivity contribution in [3.05, 3.63) is 23.8 Å². The molecule has 0 unspecified atom stereocenters. The number of carbonyl (C=O) groups excluding carboxylic acids is 1. The molecule has 4 nitrogen and oxygen atoms in total. The van der Waals surface area contributed by atoms with Crippen LogP contribution in [0.3, 0.4) is 0 Å². The Kier molecular flexibility index (Phi) is 9.00. The van der Waals surface area contributed by atoms with Gasteiger partial charge >= 0.3 is 0 Å². The van der Waals surface area contributed by atoms with Gasteiger partial charge in [-0.1, -0.05) is 6.92 Å². The summed E-state index contributed by atoms with van der Waals surface area (Å²) >= 11 is 0. The summed E-state index contributed by atoms with van der Waals surface area (Å²) in [6.07, 6.45) is 1.46. The number of benzene rings is 1. The quantitative estimate of drug-likeness (QED) is 0.810. The number of hydrogen-bond donors (Lipinski definition) is 2. The van der Waals surface area contributed by atoms with Crippen molar-refractivity contribution in [1.29, 1.82) is 0 Å². The molecule has 0 atom stereocenters. The van der Waals surface area contributed by atoms with Crippen LogP contribution in [0.5, 0.6) is 5.75 Å². The zero-order chi connectivity index (χ0) is 13.4. The maximum Gasteiger partial charge on any atom is 0.225 e. The summed E-state index contributed by atoms with van der Waals surface area (Å²) in [6, 6.07) is 5.72. The van der Waals surface area contributed by atoms with Crippen LogP contribution in [0.25, 0.3) is 0 Å². The first-order valence-corrected chi connectivity index (χ1v) is 6.35. The SMILES string of the molecule is CCCOc1ccc(NC(=O)CCNC)c(C)c1.Cl. The second-order valence-electron chi connectivity index (χ2n) is 4.23. The fourth-order valence-corrected chi connectivity index (χ4v) is 1.54. The molecule has 1 rings (SSSR count). The number of rotatable bonds is 7. The molecule has 0 radical (unpaired) electrons. The smallest absolute Gasteiger partial charge is 0.225 e. The van der Waals surface area contributed by atoms with Gasteiger partial charge in [-0.25, -0.2) is 0 Å². The van der Waals surface area contributed by atoms with E-state index in [1.807, 2.05) is 32.2 Å². The minimum atomic E-state index is 0. The number of hydrogen-bond acceptors (Lipinski definition) is 3. The average Bonchev–Trinajstić information content (AvgIpc) is 2.36. The van der Waals surface area contributed by atoms with Gasteiger partial charge in [0.25, 0.3) is 0 Å². The zero-order valence-corrected chi connectivity index (χ0v) is 12.6. The summed E-state index contributed by atoms with van der Waals surface area (Å²) in [7, 11) is 1.83. The molecule has 0 aromatic heterocycles. The molecule has 1 aromatic rings. The summed E-state index contributed by atoms with van der Waals surface area (Å²) < 4.78 is 5.54. The van der Waals surface area contributed by atoms with Gasteiger partial charge in [0.05, 0.1) is 6.61 Å². The normalized spacial score (nSPS) is 9.63. The first kappa shape index (κ1) is 17.7. The number of anilines is 1. The summed E-state index contributed by atoms with van der Waals surface area (Å²) in [5.41, 5.74) is 1.86. The third-order valence-electron chi connectivity index (χ3n) is 2.55. The molecule has 108 valence electrons. The molecule has 0 fully saturated rings. The molecule has 1 aromatic carbocycles. The molecule has 0 aliphatic heterocycles. The van der Waals surface area contributed by atoms with Gasteiger partial charge in [-0.2, -0.15) is 0 Å². The van der Waals surface area contributed by atoms with Crippen LogP contribution in [-0.2, 0) is 4.79 Å². The first-order chi connectivity index (χ1) is 8.67. The monoisotopic (exact) mass is 286 g/mol. The summed E-state index contributed by atoms with van der Waals surface area (Å²) in [5.74, 6) is 0.872. The van der Waals surface area contributed by atoms with E-state index in [0.29, 0.717) is 19.6 Å². The topological polar surface area (TPSA) is 50.4 Å². The number of carbonyl (C=O) groups is 1. The Bertz CT molecular complexity index is 397. The van der Waals surface area contributed by atoms with Gasteiger partial charge in [-0.05, 0) is 44.2 Å². The van der Waals surface area contributed by atoms with Gasteiger partial charge in [0.1, 0.15) is 5.75 Å². The molecule has 0 saturated carbocycles. The average molecular weight is 287 g/mol. The predicted molar refractivity (Wildman–Crippen MR) is 81.4 cm³/mol. The summed E-state index contributed by atoms with van der Waals surface area (Å²) in [5, 5.41) is 5.84. The van der Waals surface area contributed by atoms with Gasteiger partial charge < -0.3 is 15.4 Å². The number of amides is 1. The Labute approximate surface area is 121 Å². The van der Waals surface area contributed by atoms with E-state index in [9.17, 15) is 4.79 Å². The number of nitrogens with one attached hydrogen (secondary N) is 2. The molecule has 0 heterocycles. The molecule has 0 spiro atoms. The second kappa shape index (κ2) is 9.64. The molecule has 0 saturated heterocycles. The third kappa shape index (κ3) is 6.45. The minimum Gasteiger partial charge on any atom is -0.494 e. The zero-order valence-electron chi connectivity index (χ0n) is 11.8. The van der Waals surface area contributed by atoms with E-state index in [0.717, 1.165) is 23.4 Å². The lowest BCUT2D eigenvalue weighted by Crippen LogP contribution is -2.19. The van der Waals surface area contributed by atoms with Crippen LogP contribution in [0.15, 0.2) is 18.2 Å². The van der Waals surface area contributed by atoms with Gasteiger partial charge in [-0.15, -0.1) is 12.4 Å². The minimum absolute atomic E-state index is 0. The molecule has 2 N–H and O–H groups in total. The molecule has 0 aliphatic rings. The Morgan fingerprint density at radius 2 is 2.11 bits per heavy atom. The van der Waals surface area contributed by atoms with Gasteiger partial charge in [0, 0.05) is 18.7 Å².